The largest absolute Gasteiger partial charge is 0.478 e. The topological polar surface area (TPSA) is 37.3 Å². The van der Waals surface area contributed by atoms with Crippen molar-refractivity contribution < 1.29 is 9.90 Å². The summed E-state index contributed by atoms with van der Waals surface area (Å²) in [5, 5.41) is 9.78. The van der Waals surface area contributed by atoms with Gasteiger partial charge in [-0.3, -0.25) is 0 Å². The van der Waals surface area contributed by atoms with Crippen LogP contribution in [0.25, 0.3) is 5.57 Å². The quantitative estimate of drug-likeness (QED) is 0.824. The van der Waals surface area contributed by atoms with Crippen LogP contribution in [0.1, 0.15) is 31.2 Å². The molecule has 0 saturated heterocycles. The number of benzene rings is 1. The van der Waals surface area contributed by atoms with Crippen molar-refractivity contribution in [3.05, 3.63) is 40.9 Å². The molecule has 0 aliphatic heterocycles. The van der Waals surface area contributed by atoms with Crippen molar-refractivity contribution in [2.24, 2.45) is 5.92 Å². The van der Waals surface area contributed by atoms with E-state index in [1.165, 1.54) is 12.8 Å². The summed E-state index contributed by atoms with van der Waals surface area (Å²) in [7, 11) is 0. The molecule has 1 aromatic rings. The van der Waals surface area contributed by atoms with Gasteiger partial charge >= 0.3 is 5.97 Å². The minimum Gasteiger partial charge on any atom is -0.478 e. The molecule has 1 aromatic carbocycles. The minimum atomic E-state index is -0.898. The number of hydrogen-bond donors (Lipinski definition) is 1. The Morgan fingerprint density at radius 1 is 1.29 bits per heavy atom. The summed E-state index contributed by atoms with van der Waals surface area (Å²) in [5.74, 6) is -0.512. The van der Waals surface area contributed by atoms with Crippen LogP contribution in [0.5, 0.6) is 0 Å². The van der Waals surface area contributed by atoms with Crippen molar-refractivity contribution in [2.45, 2.75) is 25.7 Å². The van der Waals surface area contributed by atoms with Gasteiger partial charge in [-0.15, -0.1) is 0 Å². The molecule has 0 aromatic heterocycles. The molecule has 90 valence electrons. The van der Waals surface area contributed by atoms with Crippen molar-refractivity contribution in [3.63, 3.8) is 0 Å². The van der Waals surface area contributed by atoms with Crippen molar-refractivity contribution >= 4 is 23.1 Å². The first-order valence-electron chi connectivity index (χ1n) is 5.88. The van der Waals surface area contributed by atoms with Crippen molar-refractivity contribution in [1.82, 2.24) is 0 Å². The molecule has 1 aliphatic rings. The number of carboxylic acid groups (broad SMARTS) is 1. The summed E-state index contributed by atoms with van der Waals surface area (Å²) in [5.41, 5.74) is 0.955. The molecule has 0 radical (unpaired) electrons. The SMILES string of the molecule is O=C(O)C(=CC1CCCC1)c1ccccc1Cl. The Kier molecular flexibility index (Phi) is 3.85. The van der Waals surface area contributed by atoms with E-state index in [0.717, 1.165) is 12.8 Å². The molecule has 2 rings (SSSR count). The summed E-state index contributed by atoms with van der Waals surface area (Å²) in [6, 6.07) is 7.10. The van der Waals surface area contributed by atoms with Crippen molar-refractivity contribution in [2.75, 3.05) is 0 Å². The summed E-state index contributed by atoms with van der Waals surface area (Å²) in [4.78, 5) is 11.3. The molecular weight excluding hydrogens is 236 g/mol. The van der Waals surface area contributed by atoms with E-state index in [1.807, 2.05) is 12.1 Å². The maximum atomic E-state index is 11.3. The molecule has 0 unspecified atom stereocenters. The highest BCUT2D eigenvalue weighted by Crippen LogP contribution is 2.31. The van der Waals surface area contributed by atoms with Gasteiger partial charge < -0.3 is 5.11 Å². The summed E-state index contributed by atoms with van der Waals surface area (Å²) in [6.45, 7) is 0. The van der Waals surface area contributed by atoms with E-state index >= 15 is 0 Å². The zero-order valence-corrected chi connectivity index (χ0v) is 10.3. The molecule has 0 bridgehead atoms. The van der Waals surface area contributed by atoms with E-state index in [4.69, 9.17) is 11.6 Å². The summed E-state index contributed by atoms with van der Waals surface area (Å²) < 4.78 is 0. The number of allylic oxidation sites excluding steroid dienone is 1. The maximum absolute atomic E-state index is 11.3. The standard InChI is InChI=1S/C14H15ClO2/c15-13-8-4-3-7-11(13)12(14(16)17)9-10-5-1-2-6-10/h3-4,7-10H,1-2,5-6H2,(H,16,17). The Labute approximate surface area is 106 Å². The molecule has 3 heteroatoms. The molecule has 0 heterocycles. The van der Waals surface area contributed by atoms with Gasteiger partial charge in [-0.05, 0) is 24.8 Å². The molecule has 17 heavy (non-hydrogen) atoms. The van der Waals surface area contributed by atoms with Gasteiger partial charge in [0.05, 0.1) is 5.57 Å². The average Bonchev–Trinajstić information content (AvgIpc) is 2.79. The minimum absolute atomic E-state index is 0.336. The van der Waals surface area contributed by atoms with Crippen LogP contribution in [0.4, 0.5) is 0 Å². The fraction of sp³-hybridized carbons (Fsp3) is 0.357. The Hall–Kier alpha value is -1.28. The summed E-state index contributed by atoms with van der Waals surface area (Å²) >= 11 is 6.04. The second-order valence-corrected chi connectivity index (χ2v) is 4.82. The lowest BCUT2D eigenvalue weighted by atomic mass is 9.99. The monoisotopic (exact) mass is 250 g/mol. The number of carbonyl (C=O) groups is 1. The van der Waals surface area contributed by atoms with Gasteiger partial charge in [-0.2, -0.15) is 0 Å². The molecular formula is C14H15ClO2. The van der Waals surface area contributed by atoms with Crippen LogP contribution in [0.15, 0.2) is 30.3 Å². The van der Waals surface area contributed by atoms with Gasteiger partial charge in [-0.1, -0.05) is 48.7 Å². The third kappa shape index (κ3) is 2.89. The number of hydrogen-bond acceptors (Lipinski definition) is 1. The zero-order valence-electron chi connectivity index (χ0n) is 9.53. The van der Waals surface area contributed by atoms with Crippen molar-refractivity contribution in [3.8, 4) is 0 Å². The predicted octanol–water partition coefficient (Wildman–Crippen LogP) is 4.00. The lowest BCUT2D eigenvalue weighted by Crippen LogP contribution is -2.03. The van der Waals surface area contributed by atoms with Crippen LogP contribution in [-0.4, -0.2) is 11.1 Å². The first-order chi connectivity index (χ1) is 8.18. The zero-order chi connectivity index (χ0) is 12.3. The van der Waals surface area contributed by atoms with Gasteiger partial charge in [0.25, 0.3) is 0 Å². The van der Waals surface area contributed by atoms with Gasteiger partial charge in [0.2, 0.25) is 0 Å². The van der Waals surface area contributed by atoms with Crippen LogP contribution in [0.2, 0.25) is 5.02 Å². The number of rotatable bonds is 3. The van der Waals surface area contributed by atoms with Gasteiger partial charge in [0.15, 0.2) is 0 Å². The van der Waals surface area contributed by atoms with E-state index in [-0.39, 0.29) is 0 Å². The van der Waals surface area contributed by atoms with Gasteiger partial charge in [0.1, 0.15) is 0 Å². The highest BCUT2D eigenvalue weighted by atomic mass is 35.5. The smallest absolute Gasteiger partial charge is 0.336 e. The number of aliphatic carboxylic acids is 1. The molecule has 0 atom stereocenters. The highest BCUT2D eigenvalue weighted by Gasteiger charge is 2.18. The molecule has 1 aliphatic carbocycles. The molecule has 2 nitrogen and oxygen atoms in total. The van der Waals surface area contributed by atoms with E-state index < -0.39 is 5.97 Å². The lowest BCUT2D eigenvalue weighted by molar-refractivity contribution is -0.130. The summed E-state index contributed by atoms with van der Waals surface area (Å²) in [6.07, 6.45) is 6.42. The van der Waals surface area contributed by atoms with E-state index in [9.17, 15) is 9.90 Å². The number of halogens is 1. The lowest BCUT2D eigenvalue weighted by Gasteiger charge is -2.08. The molecule has 1 fully saturated rings. The Morgan fingerprint density at radius 2 is 1.94 bits per heavy atom. The van der Waals surface area contributed by atoms with E-state index in [1.54, 1.807) is 18.2 Å². The first-order valence-corrected chi connectivity index (χ1v) is 6.26. The third-order valence-corrected chi connectivity index (χ3v) is 3.53. The molecule has 1 saturated carbocycles. The van der Waals surface area contributed by atoms with Crippen molar-refractivity contribution in [1.29, 1.82) is 0 Å². The van der Waals surface area contributed by atoms with E-state index in [2.05, 4.69) is 0 Å². The number of carboxylic acids is 1. The highest BCUT2D eigenvalue weighted by molar-refractivity contribution is 6.34. The fourth-order valence-electron chi connectivity index (χ4n) is 2.32. The fourth-order valence-corrected chi connectivity index (χ4v) is 2.55. The Morgan fingerprint density at radius 3 is 2.53 bits per heavy atom. The Bertz CT molecular complexity index is 445. The second kappa shape index (κ2) is 5.37. The van der Waals surface area contributed by atoms with E-state index in [0.29, 0.717) is 22.1 Å². The maximum Gasteiger partial charge on any atom is 0.336 e. The second-order valence-electron chi connectivity index (χ2n) is 4.41. The molecule has 0 amide bonds. The average molecular weight is 251 g/mol. The third-order valence-electron chi connectivity index (χ3n) is 3.20. The predicted molar refractivity (Wildman–Crippen MR) is 69.0 cm³/mol. The molecule has 1 N–H and O–H groups in total. The molecule has 0 spiro atoms. The van der Waals surface area contributed by atoms with Crippen LogP contribution >= 0.6 is 11.6 Å². The first kappa shape index (κ1) is 12.2. The van der Waals surface area contributed by atoms with Crippen LogP contribution in [0, 0.1) is 5.92 Å². The normalized spacial score (nSPS) is 17.4. The van der Waals surface area contributed by atoms with Crippen LogP contribution in [-0.2, 0) is 4.79 Å². The van der Waals surface area contributed by atoms with Crippen LogP contribution in [0.3, 0.4) is 0 Å². The Balaban J connectivity index is 2.35. The van der Waals surface area contributed by atoms with Gasteiger partial charge in [-0.25, -0.2) is 4.79 Å². The van der Waals surface area contributed by atoms with Crippen LogP contribution < -0.4 is 0 Å². The van der Waals surface area contributed by atoms with Gasteiger partial charge in [0, 0.05) is 10.6 Å².